The standard InChI is InChI=1S/C19H19ClN4O2/c1-2-11-22-12-21-17-16(22)18(25)23(13-7-3-4-8-13)19(26)24(17)15-10-6-5-9-14(15)20/h2,5-6,9-10,12-13H,1,3-4,7-8,11H2. The summed E-state index contributed by atoms with van der Waals surface area (Å²) < 4.78 is 4.57. The minimum absolute atomic E-state index is 0.0831. The van der Waals surface area contributed by atoms with Crippen molar-refractivity contribution >= 4 is 22.8 Å². The van der Waals surface area contributed by atoms with E-state index >= 15 is 0 Å². The second-order valence-electron chi connectivity index (χ2n) is 6.54. The van der Waals surface area contributed by atoms with Gasteiger partial charge in [0.15, 0.2) is 11.2 Å². The molecule has 7 heteroatoms. The Bertz CT molecular complexity index is 1100. The highest BCUT2D eigenvalue weighted by Gasteiger charge is 2.26. The van der Waals surface area contributed by atoms with Crippen LogP contribution in [-0.4, -0.2) is 18.7 Å². The van der Waals surface area contributed by atoms with Crippen LogP contribution in [0.1, 0.15) is 31.7 Å². The van der Waals surface area contributed by atoms with Crippen molar-refractivity contribution < 1.29 is 0 Å². The summed E-state index contributed by atoms with van der Waals surface area (Å²) in [6, 6.07) is 7.02. The first kappa shape index (κ1) is 16.8. The van der Waals surface area contributed by atoms with E-state index < -0.39 is 0 Å². The molecule has 134 valence electrons. The fourth-order valence-electron chi connectivity index (χ4n) is 3.77. The number of nitrogens with zero attached hydrogens (tertiary/aromatic N) is 4. The lowest BCUT2D eigenvalue weighted by atomic mass is 10.2. The molecule has 0 amide bonds. The fourth-order valence-corrected chi connectivity index (χ4v) is 3.99. The van der Waals surface area contributed by atoms with Gasteiger partial charge in [0, 0.05) is 12.6 Å². The van der Waals surface area contributed by atoms with E-state index in [2.05, 4.69) is 11.6 Å². The van der Waals surface area contributed by atoms with Gasteiger partial charge in [-0.25, -0.2) is 14.3 Å². The number of para-hydroxylation sites is 1. The Hall–Kier alpha value is -2.60. The molecule has 1 fully saturated rings. The van der Waals surface area contributed by atoms with Gasteiger partial charge in [0.05, 0.1) is 17.0 Å². The topological polar surface area (TPSA) is 61.8 Å². The Morgan fingerprint density at radius 2 is 1.96 bits per heavy atom. The molecule has 3 aromatic rings. The quantitative estimate of drug-likeness (QED) is 0.662. The zero-order chi connectivity index (χ0) is 18.3. The molecule has 1 aromatic carbocycles. The minimum Gasteiger partial charge on any atom is -0.321 e. The Labute approximate surface area is 155 Å². The Morgan fingerprint density at radius 1 is 1.23 bits per heavy atom. The van der Waals surface area contributed by atoms with E-state index in [0.717, 1.165) is 25.7 Å². The van der Waals surface area contributed by atoms with Gasteiger partial charge in [-0.05, 0) is 25.0 Å². The van der Waals surface area contributed by atoms with Crippen LogP contribution in [0.2, 0.25) is 5.02 Å². The number of fused-ring (bicyclic) bond motifs is 1. The zero-order valence-electron chi connectivity index (χ0n) is 14.3. The normalized spacial score (nSPS) is 15.0. The summed E-state index contributed by atoms with van der Waals surface area (Å²) in [6.07, 6.45) is 6.97. The maximum Gasteiger partial charge on any atom is 0.337 e. The first-order valence-corrected chi connectivity index (χ1v) is 9.09. The molecule has 26 heavy (non-hydrogen) atoms. The van der Waals surface area contributed by atoms with Gasteiger partial charge in [-0.3, -0.25) is 9.36 Å². The molecule has 0 bridgehead atoms. The van der Waals surface area contributed by atoms with Crippen molar-refractivity contribution in [1.29, 1.82) is 0 Å². The fraction of sp³-hybridized carbons (Fsp3) is 0.316. The van der Waals surface area contributed by atoms with E-state index in [1.807, 2.05) is 6.07 Å². The van der Waals surface area contributed by atoms with Crippen LogP contribution in [0, 0.1) is 0 Å². The van der Waals surface area contributed by atoms with Gasteiger partial charge < -0.3 is 4.57 Å². The highest BCUT2D eigenvalue weighted by atomic mass is 35.5. The Kier molecular flexibility index (Phi) is 4.28. The molecular weight excluding hydrogens is 352 g/mol. The number of aromatic nitrogens is 4. The van der Waals surface area contributed by atoms with Crippen LogP contribution in [0.4, 0.5) is 0 Å². The molecule has 2 heterocycles. The highest BCUT2D eigenvalue weighted by Crippen LogP contribution is 2.28. The predicted molar refractivity (Wildman–Crippen MR) is 102 cm³/mol. The van der Waals surface area contributed by atoms with Crippen molar-refractivity contribution in [3.8, 4) is 5.69 Å². The average Bonchev–Trinajstić information content (AvgIpc) is 3.28. The van der Waals surface area contributed by atoms with Crippen molar-refractivity contribution in [2.24, 2.45) is 0 Å². The molecule has 0 spiro atoms. The molecule has 0 atom stereocenters. The molecule has 1 saturated carbocycles. The first-order chi connectivity index (χ1) is 12.6. The third-order valence-electron chi connectivity index (χ3n) is 4.96. The number of imidazole rings is 1. The van der Waals surface area contributed by atoms with E-state index in [-0.39, 0.29) is 17.3 Å². The number of rotatable bonds is 4. The Morgan fingerprint density at radius 3 is 2.65 bits per heavy atom. The average molecular weight is 371 g/mol. The van der Waals surface area contributed by atoms with Gasteiger partial charge in [-0.15, -0.1) is 6.58 Å². The molecule has 4 rings (SSSR count). The molecule has 2 aromatic heterocycles. The van der Waals surface area contributed by atoms with Crippen LogP contribution < -0.4 is 11.2 Å². The molecule has 0 saturated heterocycles. The summed E-state index contributed by atoms with van der Waals surface area (Å²) in [6.45, 7) is 4.18. The summed E-state index contributed by atoms with van der Waals surface area (Å²) in [5.74, 6) is 0. The van der Waals surface area contributed by atoms with Gasteiger partial charge in [0.25, 0.3) is 5.56 Å². The van der Waals surface area contributed by atoms with Gasteiger partial charge in [0.1, 0.15) is 0 Å². The molecule has 6 nitrogen and oxygen atoms in total. The zero-order valence-corrected chi connectivity index (χ0v) is 15.0. The van der Waals surface area contributed by atoms with Crippen LogP contribution >= 0.6 is 11.6 Å². The van der Waals surface area contributed by atoms with Gasteiger partial charge in [0.2, 0.25) is 0 Å². The maximum absolute atomic E-state index is 13.3. The third kappa shape index (κ3) is 2.52. The van der Waals surface area contributed by atoms with E-state index in [0.29, 0.717) is 28.4 Å². The van der Waals surface area contributed by atoms with E-state index in [4.69, 9.17) is 11.6 Å². The lowest BCUT2D eigenvalue weighted by Gasteiger charge is -2.17. The molecule has 0 radical (unpaired) electrons. The van der Waals surface area contributed by atoms with Crippen LogP contribution in [0.5, 0.6) is 0 Å². The van der Waals surface area contributed by atoms with Crippen LogP contribution in [-0.2, 0) is 6.54 Å². The predicted octanol–water partition coefficient (Wildman–Crippen LogP) is 3.30. The first-order valence-electron chi connectivity index (χ1n) is 8.71. The largest absolute Gasteiger partial charge is 0.337 e. The van der Waals surface area contributed by atoms with Crippen molar-refractivity contribution in [3.05, 3.63) is 69.1 Å². The van der Waals surface area contributed by atoms with E-state index in [9.17, 15) is 9.59 Å². The number of hydrogen-bond acceptors (Lipinski definition) is 3. The van der Waals surface area contributed by atoms with Gasteiger partial charge >= 0.3 is 5.69 Å². The summed E-state index contributed by atoms with van der Waals surface area (Å²) in [5.41, 5.74) is 0.575. The lowest BCUT2D eigenvalue weighted by molar-refractivity contribution is 0.474. The van der Waals surface area contributed by atoms with Crippen molar-refractivity contribution in [3.63, 3.8) is 0 Å². The molecule has 0 aliphatic heterocycles. The van der Waals surface area contributed by atoms with Crippen molar-refractivity contribution in [1.82, 2.24) is 18.7 Å². The number of halogens is 1. The second kappa shape index (κ2) is 6.61. The smallest absolute Gasteiger partial charge is 0.321 e. The van der Waals surface area contributed by atoms with Crippen LogP contribution in [0.25, 0.3) is 16.9 Å². The molecule has 0 unspecified atom stereocenters. The van der Waals surface area contributed by atoms with Gasteiger partial charge in [-0.1, -0.05) is 42.7 Å². The SMILES string of the molecule is C=CCn1cnc2c1c(=O)n(C1CCCC1)c(=O)n2-c1ccccc1Cl. The van der Waals surface area contributed by atoms with Crippen molar-refractivity contribution in [2.45, 2.75) is 38.3 Å². The van der Waals surface area contributed by atoms with Crippen molar-refractivity contribution in [2.75, 3.05) is 0 Å². The monoisotopic (exact) mass is 370 g/mol. The number of benzene rings is 1. The van der Waals surface area contributed by atoms with Crippen LogP contribution in [0.3, 0.4) is 0 Å². The van der Waals surface area contributed by atoms with Crippen LogP contribution in [0.15, 0.2) is 52.8 Å². The summed E-state index contributed by atoms with van der Waals surface area (Å²) in [4.78, 5) is 30.8. The summed E-state index contributed by atoms with van der Waals surface area (Å²) in [5, 5.41) is 0.436. The molecular formula is C19H19ClN4O2. The second-order valence-corrected chi connectivity index (χ2v) is 6.95. The maximum atomic E-state index is 13.3. The summed E-state index contributed by atoms with van der Waals surface area (Å²) in [7, 11) is 0. The molecule has 1 aliphatic rings. The van der Waals surface area contributed by atoms with E-state index in [1.54, 1.807) is 35.2 Å². The Balaban J connectivity index is 2.13. The third-order valence-corrected chi connectivity index (χ3v) is 5.28. The number of allylic oxidation sites excluding steroid dienone is 1. The minimum atomic E-state index is -0.383. The highest BCUT2D eigenvalue weighted by molar-refractivity contribution is 6.32. The lowest BCUT2D eigenvalue weighted by Crippen LogP contribution is -2.41. The van der Waals surface area contributed by atoms with E-state index in [1.165, 1.54) is 9.13 Å². The summed E-state index contributed by atoms with van der Waals surface area (Å²) >= 11 is 6.35. The van der Waals surface area contributed by atoms with Gasteiger partial charge in [-0.2, -0.15) is 0 Å². The number of hydrogen-bond donors (Lipinski definition) is 0. The molecule has 0 N–H and O–H groups in total. The molecule has 1 aliphatic carbocycles.